The zero-order chi connectivity index (χ0) is 9.30. The molecular formula is C7H6F2INO. The minimum atomic E-state index is -2.62. The second-order valence-corrected chi connectivity index (χ2v) is 3.42. The minimum absolute atomic E-state index is 0.0631. The van der Waals surface area contributed by atoms with Gasteiger partial charge in [0.2, 0.25) is 0 Å². The van der Waals surface area contributed by atoms with Crippen LogP contribution in [0, 0.1) is 10.5 Å². The van der Waals surface area contributed by atoms with Crippen LogP contribution < -0.4 is 5.43 Å². The van der Waals surface area contributed by atoms with Crippen LogP contribution in [0.3, 0.4) is 0 Å². The van der Waals surface area contributed by atoms with Crippen molar-refractivity contribution in [3.8, 4) is 0 Å². The molecule has 1 aromatic heterocycles. The number of rotatable bonds is 1. The van der Waals surface area contributed by atoms with E-state index in [0.717, 1.165) is 0 Å². The monoisotopic (exact) mass is 285 g/mol. The summed E-state index contributed by atoms with van der Waals surface area (Å²) in [4.78, 5) is 13.5. The van der Waals surface area contributed by atoms with Crippen LogP contribution in [0.5, 0.6) is 0 Å². The molecule has 0 amide bonds. The fourth-order valence-electron chi connectivity index (χ4n) is 0.846. The highest BCUT2D eigenvalue weighted by atomic mass is 127. The second-order valence-electron chi connectivity index (χ2n) is 2.34. The van der Waals surface area contributed by atoms with E-state index >= 15 is 0 Å². The first-order valence-corrected chi connectivity index (χ1v) is 4.27. The van der Waals surface area contributed by atoms with Gasteiger partial charge in [-0.3, -0.25) is 4.79 Å². The van der Waals surface area contributed by atoms with Crippen LogP contribution in [0.25, 0.3) is 0 Å². The van der Waals surface area contributed by atoms with Gasteiger partial charge < -0.3 is 4.98 Å². The summed E-state index contributed by atoms with van der Waals surface area (Å²) >= 11 is 1.61. The maximum absolute atomic E-state index is 12.2. The van der Waals surface area contributed by atoms with Crippen molar-refractivity contribution in [2.75, 3.05) is 0 Å². The van der Waals surface area contributed by atoms with E-state index in [1.54, 1.807) is 29.5 Å². The molecule has 12 heavy (non-hydrogen) atoms. The summed E-state index contributed by atoms with van der Waals surface area (Å²) in [6.07, 6.45) is -2.62. The van der Waals surface area contributed by atoms with Gasteiger partial charge in [-0.2, -0.15) is 0 Å². The Morgan fingerprint density at radius 1 is 1.58 bits per heavy atom. The molecule has 0 saturated carbocycles. The van der Waals surface area contributed by atoms with Crippen molar-refractivity contribution >= 4 is 22.6 Å². The maximum atomic E-state index is 12.2. The molecule has 66 valence electrons. The number of aromatic amines is 1. The van der Waals surface area contributed by atoms with Gasteiger partial charge in [0, 0.05) is 11.8 Å². The number of H-pyrrole nitrogens is 1. The van der Waals surface area contributed by atoms with Gasteiger partial charge >= 0.3 is 0 Å². The van der Waals surface area contributed by atoms with Gasteiger partial charge in [-0.25, -0.2) is 8.78 Å². The van der Waals surface area contributed by atoms with Gasteiger partial charge in [-0.15, -0.1) is 0 Å². The number of aromatic nitrogens is 1. The molecule has 0 saturated heterocycles. The van der Waals surface area contributed by atoms with Crippen LogP contribution >= 0.6 is 22.6 Å². The second kappa shape index (κ2) is 3.51. The SMILES string of the molecule is Cc1cc(=O)c(I)c(C(F)F)[nH]1. The number of alkyl halides is 2. The summed E-state index contributed by atoms with van der Waals surface area (Å²) in [5, 5.41) is 0. The average Bonchev–Trinajstić information content (AvgIpc) is 1.96. The van der Waals surface area contributed by atoms with Crippen LogP contribution in [0.2, 0.25) is 0 Å². The Morgan fingerprint density at radius 2 is 2.17 bits per heavy atom. The molecule has 0 aliphatic rings. The molecule has 1 N–H and O–H groups in total. The quantitative estimate of drug-likeness (QED) is 0.788. The van der Waals surface area contributed by atoms with Crippen LogP contribution in [0.4, 0.5) is 8.78 Å². The van der Waals surface area contributed by atoms with Gasteiger partial charge in [-0.05, 0) is 29.5 Å². The van der Waals surface area contributed by atoms with Crippen LogP contribution in [-0.4, -0.2) is 4.98 Å². The summed E-state index contributed by atoms with van der Waals surface area (Å²) in [6.45, 7) is 1.57. The normalized spacial score (nSPS) is 10.8. The topological polar surface area (TPSA) is 32.9 Å². The summed E-state index contributed by atoms with van der Waals surface area (Å²) < 4.78 is 24.5. The lowest BCUT2D eigenvalue weighted by atomic mass is 10.3. The Kier molecular flexibility index (Phi) is 2.81. The molecule has 5 heteroatoms. The summed E-state index contributed by atoms with van der Waals surface area (Å²) in [5.74, 6) is 0. The Morgan fingerprint density at radius 3 is 2.67 bits per heavy atom. The molecular weight excluding hydrogens is 279 g/mol. The van der Waals surface area contributed by atoms with Crippen molar-refractivity contribution in [1.29, 1.82) is 0 Å². The lowest BCUT2D eigenvalue weighted by Gasteiger charge is -2.03. The number of nitrogens with one attached hydrogen (secondary N) is 1. The Balaban J connectivity index is 3.38. The van der Waals surface area contributed by atoms with Gasteiger partial charge in [-0.1, -0.05) is 0 Å². The average molecular weight is 285 g/mol. The summed E-state index contributed by atoms with van der Waals surface area (Å²) in [7, 11) is 0. The Labute approximate surface area is 81.1 Å². The predicted molar refractivity (Wildman–Crippen MR) is 49.5 cm³/mol. The van der Waals surface area contributed by atoms with Gasteiger partial charge in [0.1, 0.15) is 0 Å². The lowest BCUT2D eigenvalue weighted by molar-refractivity contribution is 0.144. The third kappa shape index (κ3) is 1.82. The molecule has 0 aromatic carbocycles. The summed E-state index contributed by atoms with van der Waals surface area (Å²) in [6, 6.07) is 1.30. The maximum Gasteiger partial charge on any atom is 0.279 e. The Bertz CT molecular complexity index is 348. The van der Waals surface area contributed by atoms with Crippen LogP contribution in [0.1, 0.15) is 17.8 Å². The fourth-order valence-corrected chi connectivity index (χ4v) is 1.37. The zero-order valence-electron chi connectivity index (χ0n) is 6.20. The van der Waals surface area contributed by atoms with E-state index in [1.165, 1.54) is 6.07 Å². The van der Waals surface area contributed by atoms with Crippen molar-refractivity contribution in [2.45, 2.75) is 13.3 Å². The van der Waals surface area contributed by atoms with Crippen molar-refractivity contribution in [3.05, 3.63) is 31.2 Å². The molecule has 0 spiro atoms. The highest BCUT2D eigenvalue weighted by Gasteiger charge is 2.14. The number of pyridine rings is 1. The molecule has 1 rings (SSSR count). The van der Waals surface area contributed by atoms with E-state index < -0.39 is 6.43 Å². The number of hydrogen-bond donors (Lipinski definition) is 1. The number of aryl methyl sites for hydroxylation is 1. The molecule has 0 fully saturated rings. The first-order chi connectivity index (χ1) is 5.52. The van der Waals surface area contributed by atoms with E-state index in [9.17, 15) is 13.6 Å². The fraction of sp³-hybridized carbons (Fsp3) is 0.286. The van der Waals surface area contributed by atoms with Crippen LogP contribution in [0.15, 0.2) is 10.9 Å². The van der Waals surface area contributed by atoms with Crippen molar-refractivity contribution < 1.29 is 8.78 Å². The van der Waals surface area contributed by atoms with Crippen LogP contribution in [-0.2, 0) is 0 Å². The Hall–Kier alpha value is -0.460. The third-order valence-corrected chi connectivity index (χ3v) is 2.46. The smallest absolute Gasteiger partial charge is 0.279 e. The van der Waals surface area contributed by atoms with E-state index in [4.69, 9.17) is 0 Å². The standard InChI is InChI=1S/C7H6F2INO/c1-3-2-4(12)5(10)6(11-3)7(8)9/h2,7H,1H3,(H,11,12). The summed E-state index contributed by atoms with van der Waals surface area (Å²) in [5.41, 5.74) is -0.196. The van der Waals surface area contributed by atoms with Crippen molar-refractivity contribution in [3.63, 3.8) is 0 Å². The molecule has 0 unspecified atom stereocenters. The molecule has 0 radical (unpaired) electrons. The molecule has 2 nitrogen and oxygen atoms in total. The zero-order valence-corrected chi connectivity index (χ0v) is 8.35. The third-order valence-electron chi connectivity index (χ3n) is 1.35. The molecule has 1 heterocycles. The first kappa shape index (κ1) is 9.63. The number of hydrogen-bond acceptors (Lipinski definition) is 1. The van der Waals surface area contributed by atoms with E-state index in [0.29, 0.717) is 5.69 Å². The highest BCUT2D eigenvalue weighted by Crippen LogP contribution is 2.19. The molecule has 0 bridgehead atoms. The highest BCUT2D eigenvalue weighted by molar-refractivity contribution is 14.1. The number of halogens is 3. The predicted octanol–water partition coefficient (Wildman–Crippen LogP) is 2.23. The molecule has 0 atom stereocenters. The van der Waals surface area contributed by atoms with Gasteiger partial charge in [0.05, 0.1) is 9.26 Å². The first-order valence-electron chi connectivity index (χ1n) is 3.20. The van der Waals surface area contributed by atoms with Gasteiger partial charge in [0.15, 0.2) is 5.43 Å². The van der Waals surface area contributed by atoms with E-state index in [2.05, 4.69) is 4.98 Å². The molecule has 1 aromatic rings. The van der Waals surface area contributed by atoms with Crippen molar-refractivity contribution in [2.24, 2.45) is 0 Å². The van der Waals surface area contributed by atoms with E-state index in [-0.39, 0.29) is 14.7 Å². The van der Waals surface area contributed by atoms with E-state index in [1.807, 2.05) is 0 Å². The van der Waals surface area contributed by atoms with Gasteiger partial charge in [0.25, 0.3) is 6.43 Å². The lowest BCUT2D eigenvalue weighted by Crippen LogP contribution is -2.11. The largest absolute Gasteiger partial charge is 0.357 e. The van der Waals surface area contributed by atoms with Crippen molar-refractivity contribution in [1.82, 2.24) is 4.98 Å². The molecule has 0 aliphatic heterocycles. The molecule has 0 aliphatic carbocycles. The minimum Gasteiger partial charge on any atom is -0.357 e.